The van der Waals surface area contributed by atoms with Crippen LogP contribution in [0.2, 0.25) is 0 Å². The number of piperidine rings is 1. The van der Waals surface area contributed by atoms with Crippen LogP contribution in [0, 0.1) is 0 Å². The third-order valence-corrected chi connectivity index (χ3v) is 5.84. The number of hydrogen-bond acceptors (Lipinski definition) is 4. The second-order valence-electron chi connectivity index (χ2n) is 7.48. The minimum Gasteiger partial charge on any atom is -0.352 e. The molecule has 2 bridgehead atoms. The second kappa shape index (κ2) is 6.52. The fourth-order valence-electron chi connectivity index (χ4n) is 4.73. The van der Waals surface area contributed by atoms with Crippen LogP contribution in [0.15, 0.2) is 0 Å². The summed E-state index contributed by atoms with van der Waals surface area (Å²) in [6, 6.07) is 0.731. The maximum absolute atomic E-state index is 12.5. The number of hydrogen-bond donors (Lipinski definition) is 3. The Morgan fingerprint density at radius 3 is 2.42 bits per heavy atom. The number of nitrogens with one attached hydrogen (secondary N) is 3. The molecule has 24 heavy (non-hydrogen) atoms. The Morgan fingerprint density at radius 2 is 1.79 bits per heavy atom. The van der Waals surface area contributed by atoms with E-state index in [1.54, 1.807) is 0 Å². The number of rotatable bonds is 3. The van der Waals surface area contributed by atoms with Gasteiger partial charge in [0.1, 0.15) is 12.1 Å². The van der Waals surface area contributed by atoms with E-state index < -0.39 is 11.6 Å². The van der Waals surface area contributed by atoms with Crippen molar-refractivity contribution in [3.05, 3.63) is 0 Å². The van der Waals surface area contributed by atoms with Gasteiger partial charge >= 0.3 is 6.03 Å². The van der Waals surface area contributed by atoms with Crippen LogP contribution in [-0.4, -0.2) is 53.0 Å². The number of nitrogens with zero attached hydrogens (tertiary/aromatic N) is 1. The summed E-state index contributed by atoms with van der Waals surface area (Å²) < 4.78 is 0. The monoisotopic (exact) mass is 356 g/mol. The molecular weight excluding hydrogens is 332 g/mol. The van der Waals surface area contributed by atoms with Crippen LogP contribution in [0.25, 0.3) is 0 Å². The molecule has 0 aromatic carbocycles. The van der Waals surface area contributed by atoms with Crippen LogP contribution in [0.4, 0.5) is 4.79 Å². The molecule has 0 aromatic rings. The predicted octanol–water partition coefficient (Wildman–Crippen LogP) is 0.672. The fraction of sp³-hybridized carbons (Fsp3) is 0.812. The molecule has 3 N–H and O–H groups in total. The van der Waals surface area contributed by atoms with Crippen molar-refractivity contribution < 1.29 is 14.4 Å². The number of carbonyl (C=O) groups is 3. The normalized spacial score (nSPS) is 33.5. The van der Waals surface area contributed by atoms with E-state index in [1.165, 1.54) is 12.8 Å². The lowest BCUT2D eigenvalue weighted by Gasteiger charge is -2.30. The molecule has 1 spiro atoms. The molecule has 3 heterocycles. The maximum atomic E-state index is 12.5. The van der Waals surface area contributed by atoms with Crippen LogP contribution < -0.4 is 16.0 Å². The Bertz CT molecular complexity index is 537. The average Bonchev–Trinajstić information content (AvgIpc) is 3.16. The lowest BCUT2D eigenvalue weighted by atomic mass is 9.98. The average molecular weight is 357 g/mol. The van der Waals surface area contributed by atoms with Crippen molar-refractivity contribution in [3.8, 4) is 0 Å². The number of fused-ring (bicyclic) bond motifs is 2. The molecule has 134 valence electrons. The van der Waals surface area contributed by atoms with Crippen LogP contribution >= 0.6 is 12.4 Å². The summed E-state index contributed by atoms with van der Waals surface area (Å²) in [6.45, 7) is -0.161. The van der Waals surface area contributed by atoms with Crippen molar-refractivity contribution in [3.63, 3.8) is 0 Å². The van der Waals surface area contributed by atoms with Gasteiger partial charge in [-0.15, -0.1) is 12.4 Å². The van der Waals surface area contributed by atoms with Crippen molar-refractivity contribution in [2.75, 3.05) is 6.54 Å². The first-order chi connectivity index (χ1) is 11.1. The van der Waals surface area contributed by atoms with Gasteiger partial charge in [-0.25, -0.2) is 4.79 Å². The first kappa shape index (κ1) is 17.5. The van der Waals surface area contributed by atoms with Gasteiger partial charge in [-0.2, -0.15) is 0 Å². The summed E-state index contributed by atoms with van der Waals surface area (Å²) >= 11 is 0. The molecule has 0 aromatic heterocycles. The van der Waals surface area contributed by atoms with Gasteiger partial charge in [0, 0.05) is 18.1 Å². The highest BCUT2D eigenvalue weighted by Gasteiger charge is 2.52. The zero-order chi connectivity index (χ0) is 16.0. The number of carbonyl (C=O) groups excluding carboxylic acids is 3. The van der Waals surface area contributed by atoms with Crippen molar-refractivity contribution in [2.24, 2.45) is 0 Å². The molecule has 3 saturated heterocycles. The molecule has 4 fully saturated rings. The lowest BCUT2D eigenvalue weighted by Crippen LogP contribution is -2.51. The van der Waals surface area contributed by atoms with Crippen molar-refractivity contribution in [1.82, 2.24) is 20.9 Å². The van der Waals surface area contributed by atoms with Gasteiger partial charge < -0.3 is 16.0 Å². The molecule has 1 aliphatic carbocycles. The van der Waals surface area contributed by atoms with Crippen molar-refractivity contribution in [1.29, 1.82) is 0 Å². The highest BCUT2D eigenvalue weighted by atomic mass is 35.5. The standard InChI is InChI=1S/C16H24N4O3.ClH/c21-13(18-12-7-10-3-4-11(8-12)17-10)9-20-14(22)16(19-15(20)23)5-1-2-6-16;/h10-12,17H,1-9H2,(H,18,21)(H,19,23);1H. The Labute approximate surface area is 147 Å². The molecular formula is C16H25ClN4O3. The van der Waals surface area contributed by atoms with Gasteiger partial charge in [0.15, 0.2) is 0 Å². The Kier molecular flexibility index (Phi) is 4.75. The van der Waals surface area contributed by atoms with Crippen LogP contribution in [-0.2, 0) is 9.59 Å². The van der Waals surface area contributed by atoms with Crippen molar-refractivity contribution >= 4 is 30.3 Å². The molecule has 4 aliphatic rings. The highest BCUT2D eigenvalue weighted by Crippen LogP contribution is 2.35. The largest absolute Gasteiger partial charge is 0.352 e. The Hall–Kier alpha value is -1.34. The van der Waals surface area contributed by atoms with E-state index in [9.17, 15) is 14.4 Å². The molecule has 2 atom stereocenters. The SMILES string of the molecule is Cl.O=C(CN1C(=O)NC2(CCCC2)C1=O)NC1CC2CCC(C1)N2. The van der Waals surface area contributed by atoms with Gasteiger partial charge in [0.25, 0.3) is 5.91 Å². The molecule has 3 aliphatic heterocycles. The number of imide groups is 1. The topological polar surface area (TPSA) is 90.5 Å². The summed E-state index contributed by atoms with van der Waals surface area (Å²) in [4.78, 5) is 38.0. The zero-order valence-electron chi connectivity index (χ0n) is 13.7. The van der Waals surface area contributed by atoms with E-state index >= 15 is 0 Å². The smallest absolute Gasteiger partial charge is 0.325 e. The van der Waals surface area contributed by atoms with E-state index in [0.717, 1.165) is 30.6 Å². The zero-order valence-corrected chi connectivity index (χ0v) is 14.5. The lowest BCUT2D eigenvalue weighted by molar-refractivity contribution is -0.135. The highest BCUT2D eigenvalue weighted by molar-refractivity contribution is 6.09. The van der Waals surface area contributed by atoms with E-state index in [2.05, 4.69) is 16.0 Å². The van der Waals surface area contributed by atoms with E-state index in [0.29, 0.717) is 24.9 Å². The predicted molar refractivity (Wildman–Crippen MR) is 89.8 cm³/mol. The van der Waals surface area contributed by atoms with E-state index in [-0.39, 0.29) is 36.8 Å². The quantitative estimate of drug-likeness (QED) is 0.648. The van der Waals surface area contributed by atoms with Gasteiger partial charge in [0.05, 0.1) is 0 Å². The van der Waals surface area contributed by atoms with E-state index in [1.807, 2.05) is 0 Å². The third-order valence-electron chi connectivity index (χ3n) is 5.84. The number of halogens is 1. The van der Waals surface area contributed by atoms with Gasteiger partial charge in [-0.1, -0.05) is 12.8 Å². The Morgan fingerprint density at radius 1 is 1.17 bits per heavy atom. The second-order valence-corrected chi connectivity index (χ2v) is 7.48. The van der Waals surface area contributed by atoms with Crippen LogP contribution in [0.3, 0.4) is 0 Å². The molecule has 8 heteroatoms. The summed E-state index contributed by atoms with van der Waals surface area (Å²) in [5, 5.41) is 9.36. The third kappa shape index (κ3) is 2.99. The number of amides is 4. The van der Waals surface area contributed by atoms with Crippen molar-refractivity contribution in [2.45, 2.75) is 75.0 Å². The minimum absolute atomic E-state index is 0. The summed E-state index contributed by atoms with van der Waals surface area (Å²) in [6.07, 6.45) is 7.49. The summed E-state index contributed by atoms with van der Waals surface area (Å²) in [5.74, 6) is -0.449. The summed E-state index contributed by atoms with van der Waals surface area (Å²) in [7, 11) is 0. The van der Waals surface area contributed by atoms with Gasteiger partial charge in [-0.05, 0) is 38.5 Å². The van der Waals surface area contributed by atoms with Crippen LogP contribution in [0.1, 0.15) is 51.4 Å². The molecule has 0 radical (unpaired) electrons. The van der Waals surface area contributed by atoms with Gasteiger partial charge in [-0.3, -0.25) is 14.5 Å². The van der Waals surface area contributed by atoms with Crippen LogP contribution in [0.5, 0.6) is 0 Å². The molecule has 1 saturated carbocycles. The molecule has 2 unspecified atom stereocenters. The maximum Gasteiger partial charge on any atom is 0.325 e. The molecule has 7 nitrogen and oxygen atoms in total. The number of urea groups is 1. The minimum atomic E-state index is -0.731. The van der Waals surface area contributed by atoms with Gasteiger partial charge in [0.2, 0.25) is 5.91 Å². The van der Waals surface area contributed by atoms with E-state index in [4.69, 9.17) is 0 Å². The molecule has 4 amide bonds. The first-order valence-electron chi connectivity index (χ1n) is 8.75. The summed E-state index contributed by atoms with van der Waals surface area (Å²) in [5.41, 5.74) is -0.731. The molecule has 4 rings (SSSR count). The fourth-order valence-corrected chi connectivity index (χ4v) is 4.73. The Balaban J connectivity index is 0.00000169. The first-order valence-corrected chi connectivity index (χ1v) is 8.75.